The van der Waals surface area contributed by atoms with Crippen LogP contribution in [0.3, 0.4) is 0 Å². The fourth-order valence-electron chi connectivity index (χ4n) is 2.61. The first-order chi connectivity index (χ1) is 9.60. The molecule has 0 aromatic heterocycles. The summed E-state index contributed by atoms with van der Waals surface area (Å²) in [6.07, 6.45) is 0.973. The summed E-state index contributed by atoms with van der Waals surface area (Å²) in [6.45, 7) is 8.38. The van der Waals surface area contributed by atoms with Crippen molar-refractivity contribution in [3.8, 4) is 0 Å². The molecule has 1 saturated heterocycles. The molecule has 110 valence electrons. The van der Waals surface area contributed by atoms with Crippen molar-refractivity contribution in [1.29, 1.82) is 0 Å². The molecule has 0 N–H and O–H groups in total. The number of anilines is 1. The molecule has 0 saturated carbocycles. The van der Waals surface area contributed by atoms with E-state index >= 15 is 0 Å². The molecule has 20 heavy (non-hydrogen) atoms. The first-order valence-corrected chi connectivity index (χ1v) is 7.28. The first-order valence-electron chi connectivity index (χ1n) is 7.28. The van der Waals surface area contributed by atoms with Gasteiger partial charge in [-0.3, -0.25) is 9.69 Å². The number of carbonyl (C=O) groups is 1. The van der Waals surface area contributed by atoms with Crippen molar-refractivity contribution in [3.05, 3.63) is 29.3 Å². The lowest BCUT2D eigenvalue weighted by atomic mass is 10.1. The number of benzene rings is 1. The van der Waals surface area contributed by atoms with Crippen molar-refractivity contribution < 1.29 is 4.79 Å². The average molecular weight is 275 g/mol. The summed E-state index contributed by atoms with van der Waals surface area (Å²) in [4.78, 5) is 18.3. The first kappa shape index (κ1) is 15.0. The standard InChI is InChI=1S/C16H25N3O/c1-14-4-5-16(15(12-14)13-20)19-10-8-18(9-11-19)7-6-17(2)3/h4-5,12-13H,6-11H2,1-3H3. The average Bonchev–Trinajstić information content (AvgIpc) is 2.45. The van der Waals surface area contributed by atoms with Crippen molar-refractivity contribution in [2.45, 2.75) is 6.92 Å². The lowest BCUT2D eigenvalue weighted by Gasteiger charge is -2.37. The Balaban J connectivity index is 1.95. The lowest BCUT2D eigenvalue weighted by molar-refractivity contribution is 0.112. The monoisotopic (exact) mass is 275 g/mol. The van der Waals surface area contributed by atoms with Gasteiger partial charge in [0.2, 0.25) is 0 Å². The Labute approximate surface area is 122 Å². The van der Waals surface area contributed by atoms with Crippen LogP contribution in [0.1, 0.15) is 15.9 Å². The highest BCUT2D eigenvalue weighted by molar-refractivity contribution is 5.85. The van der Waals surface area contributed by atoms with Gasteiger partial charge in [-0.1, -0.05) is 11.6 Å². The number of piperazine rings is 1. The van der Waals surface area contributed by atoms with Crippen molar-refractivity contribution in [2.75, 3.05) is 58.3 Å². The molecule has 4 heteroatoms. The maximum atomic E-state index is 11.2. The van der Waals surface area contributed by atoms with Crippen LogP contribution in [-0.2, 0) is 0 Å². The fraction of sp³-hybridized carbons (Fsp3) is 0.562. The van der Waals surface area contributed by atoms with Crippen LogP contribution in [-0.4, -0.2) is 69.4 Å². The van der Waals surface area contributed by atoms with Crippen LogP contribution in [0.5, 0.6) is 0 Å². The van der Waals surface area contributed by atoms with Gasteiger partial charge in [-0.2, -0.15) is 0 Å². The van der Waals surface area contributed by atoms with Gasteiger partial charge in [-0.25, -0.2) is 0 Å². The van der Waals surface area contributed by atoms with Gasteiger partial charge >= 0.3 is 0 Å². The van der Waals surface area contributed by atoms with Crippen LogP contribution in [0.25, 0.3) is 0 Å². The van der Waals surface area contributed by atoms with Crippen LogP contribution in [0.4, 0.5) is 5.69 Å². The van der Waals surface area contributed by atoms with E-state index in [1.807, 2.05) is 13.0 Å². The van der Waals surface area contributed by atoms with E-state index in [0.29, 0.717) is 0 Å². The number of aldehydes is 1. The molecule has 2 rings (SSSR count). The minimum absolute atomic E-state index is 0.812. The summed E-state index contributed by atoms with van der Waals surface area (Å²) >= 11 is 0. The third-order valence-electron chi connectivity index (χ3n) is 3.89. The van der Waals surface area contributed by atoms with Crippen molar-refractivity contribution in [2.24, 2.45) is 0 Å². The fourth-order valence-corrected chi connectivity index (χ4v) is 2.61. The molecule has 1 aromatic carbocycles. The zero-order valence-electron chi connectivity index (χ0n) is 12.8. The van der Waals surface area contributed by atoms with E-state index in [9.17, 15) is 4.79 Å². The molecular weight excluding hydrogens is 250 g/mol. The lowest BCUT2D eigenvalue weighted by Crippen LogP contribution is -2.48. The molecule has 1 fully saturated rings. The predicted octanol–water partition coefficient (Wildman–Crippen LogP) is 1.49. The van der Waals surface area contributed by atoms with Gasteiger partial charge in [-0.15, -0.1) is 0 Å². The summed E-state index contributed by atoms with van der Waals surface area (Å²) < 4.78 is 0. The number of likely N-dealkylation sites (N-methyl/N-ethyl adjacent to an activating group) is 1. The van der Waals surface area contributed by atoms with E-state index in [-0.39, 0.29) is 0 Å². The molecule has 0 spiro atoms. The van der Waals surface area contributed by atoms with Crippen LogP contribution >= 0.6 is 0 Å². The molecule has 0 atom stereocenters. The Morgan fingerprint density at radius 2 is 1.90 bits per heavy atom. The van der Waals surface area contributed by atoms with Crippen LogP contribution in [0.15, 0.2) is 18.2 Å². The smallest absolute Gasteiger partial charge is 0.152 e. The zero-order chi connectivity index (χ0) is 14.5. The highest BCUT2D eigenvalue weighted by Crippen LogP contribution is 2.21. The van der Waals surface area contributed by atoms with Gasteiger partial charge in [0.15, 0.2) is 6.29 Å². The number of nitrogens with zero attached hydrogens (tertiary/aromatic N) is 3. The largest absolute Gasteiger partial charge is 0.368 e. The Kier molecular flexibility index (Phi) is 5.15. The highest BCUT2D eigenvalue weighted by atomic mass is 16.1. The van der Waals surface area contributed by atoms with E-state index in [4.69, 9.17) is 0 Å². The van der Waals surface area contributed by atoms with Gasteiger partial charge in [0.1, 0.15) is 0 Å². The van der Waals surface area contributed by atoms with E-state index in [0.717, 1.165) is 62.4 Å². The van der Waals surface area contributed by atoms with Gasteiger partial charge in [0.05, 0.1) is 0 Å². The second-order valence-electron chi connectivity index (χ2n) is 5.81. The Hall–Kier alpha value is -1.39. The van der Waals surface area contributed by atoms with Crippen LogP contribution < -0.4 is 4.90 Å². The number of carbonyl (C=O) groups excluding carboxylic acids is 1. The molecule has 0 aliphatic carbocycles. The van der Waals surface area contributed by atoms with Crippen LogP contribution in [0.2, 0.25) is 0 Å². The number of rotatable bonds is 5. The van der Waals surface area contributed by atoms with E-state index in [1.54, 1.807) is 0 Å². The summed E-state index contributed by atoms with van der Waals surface area (Å²) in [5, 5.41) is 0. The van der Waals surface area contributed by atoms with E-state index in [1.165, 1.54) is 0 Å². The molecule has 0 radical (unpaired) electrons. The quantitative estimate of drug-likeness (QED) is 0.761. The number of aryl methyl sites for hydroxylation is 1. The minimum Gasteiger partial charge on any atom is -0.368 e. The third kappa shape index (κ3) is 3.81. The summed E-state index contributed by atoms with van der Waals surface area (Å²) in [7, 11) is 4.22. The number of hydrogen-bond acceptors (Lipinski definition) is 4. The molecular formula is C16H25N3O. The second kappa shape index (κ2) is 6.86. The third-order valence-corrected chi connectivity index (χ3v) is 3.89. The summed E-state index contributed by atoms with van der Waals surface area (Å²) in [6, 6.07) is 6.13. The normalized spacial score (nSPS) is 16.7. The van der Waals surface area contributed by atoms with Gasteiger partial charge in [0.25, 0.3) is 0 Å². The molecule has 1 heterocycles. The minimum atomic E-state index is 0.812. The maximum absolute atomic E-state index is 11.2. The van der Waals surface area contributed by atoms with Gasteiger partial charge < -0.3 is 9.80 Å². The predicted molar refractivity (Wildman–Crippen MR) is 83.8 cm³/mol. The Morgan fingerprint density at radius 1 is 1.20 bits per heavy atom. The topological polar surface area (TPSA) is 26.8 Å². The molecule has 1 aliphatic heterocycles. The molecule has 1 aliphatic rings. The van der Waals surface area contributed by atoms with Gasteiger partial charge in [0, 0.05) is 50.5 Å². The van der Waals surface area contributed by atoms with Gasteiger partial charge in [-0.05, 0) is 33.2 Å². The number of hydrogen-bond donors (Lipinski definition) is 0. The van der Waals surface area contributed by atoms with Crippen LogP contribution in [0, 0.1) is 6.92 Å². The maximum Gasteiger partial charge on any atom is 0.152 e. The van der Waals surface area contributed by atoms with Crippen molar-refractivity contribution in [3.63, 3.8) is 0 Å². The molecule has 0 bridgehead atoms. The second-order valence-corrected chi connectivity index (χ2v) is 5.81. The summed E-state index contributed by atoms with van der Waals surface area (Å²) in [5.74, 6) is 0. The SMILES string of the molecule is Cc1ccc(N2CCN(CCN(C)C)CC2)c(C=O)c1. The molecule has 1 aromatic rings. The van der Waals surface area contributed by atoms with E-state index < -0.39 is 0 Å². The Bertz CT molecular complexity index is 451. The highest BCUT2D eigenvalue weighted by Gasteiger charge is 2.18. The summed E-state index contributed by atoms with van der Waals surface area (Å²) in [5.41, 5.74) is 3.03. The van der Waals surface area contributed by atoms with E-state index in [2.05, 4.69) is 40.9 Å². The molecule has 0 unspecified atom stereocenters. The molecule has 0 amide bonds. The zero-order valence-corrected chi connectivity index (χ0v) is 12.8. The van der Waals surface area contributed by atoms with Crippen molar-refractivity contribution >= 4 is 12.0 Å². The van der Waals surface area contributed by atoms with Crippen molar-refractivity contribution in [1.82, 2.24) is 9.80 Å². The molecule has 4 nitrogen and oxygen atoms in total. The Morgan fingerprint density at radius 3 is 2.50 bits per heavy atom.